The number of aromatic nitrogens is 2. The third kappa shape index (κ3) is 5.05. The molecular weight excluding hydrogens is 414 g/mol. The summed E-state index contributed by atoms with van der Waals surface area (Å²) in [6.45, 7) is 6.83. The molecular formula is C27H33N3O3. The number of amides is 1. The lowest BCUT2D eigenvalue weighted by atomic mass is 9.70. The first-order valence-corrected chi connectivity index (χ1v) is 11.5. The molecule has 3 aromatic rings. The van der Waals surface area contributed by atoms with E-state index < -0.39 is 0 Å². The topological polar surface area (TPSA) is 65.4 Å². The van der Waals surface area contributed by atoms with Crippen molar-refractivity contribution in [1.29, 1.82) is 0 Å². The Morgan fingerprint density at radius 3 is 2.55 bits per heavy atom. The van der Waals surface area contributed by atoms with Crippen LogP contribution in [0.2, 0.25) is 0 Å². The number of rotatable bonds is 6. The molecule has 1 N–H and O–H groups in total. The quantitative estimate of drug-likeness (QED) is 0.542. The lowest BCUT2D eigenvalue weighted by molar-refractivity contribution is 0.0867. The normalized spacial score (nSPS) is 19.7. The zero-order chi connectivity index (χ0) is 23.6. The summed E-state index contributed by atoms with van der Waals surface area (Å²) in [5.74, 6) is 1.87. The highest BCUT2D eigenvalue weighted by Crippen LogP contribution is 2.38. The van der Waals surface area contributed by atoms with E-state index in [9.17, 15) is 4.79 Å². The van der Waals surface area contributed by atoms with E-state index in [1.165, 1.54) is 6.42 Å². The summed E-state index contributed by atoms with van der Waals surface area (Å²) in [5.41, 5.74) is 3.66. The number of nitrogens with one attached hydrogen (secondary N) is 1. The van der Waals surface area contributed by atoms with Gasteiger partial charge in [-0.05, 0) is 66.0 Å². The second-order valence-corrected chi connectivity index (χ2v) is 9.85. The molecule has 6 heteroatoms. The molecule has 0 radical (unpaired) electrons. The number of carbonyl (C=O) groups excluding carboxylic acids is 1. The molecule has 1 aliphatic rings. The Morgan fingerprint density at radius 1 is 1.06 bits per heavy atom. The third-order valence-electron chi connectivity index (χ3n) is 6.43. The van der Waals surface area contributed by atoms with Crippen LogP contribution in [-0.4, -0.2) is 35.7 Å². The molecule has 2 aromatic carbocycles. The summed E-state index contributed by atoms with van der Waals surface area (Å²) < 4.78 is 12.6. The standard InChI is InChI=1S/C27H33N3O3/c1-18-11-21(15-27(2,3)14-18)29-26(31)23-16-28-17-30(23)22-8-6-7-19(12-22)20-9-10-24(32-4)25(13-20)33-5/h6-10,12-13,16-18,21H,11,14-15H2,1-5H3,(H,29,31)/t18-,21-/m0/s1. The van der Waals surface area contributed by atoms with Crippen molar-refractivity contribution in [3.05, 3.63) is 60.7 Å². The van der Waals surface area contributed by atoms with Crippen molar-refractivity contribution in [3.8, 4) is 28.3 Å². The van der Waals surface area contributed by atoms with Crippen LogP contribution in [0.1, 0.15) is 50.5 Å². The molecule has 0 aliphatic heterocycles. The lowest BCUT2D eigenvalue weighted by Gasteiger charge is -2.39. The van der Waals surface area contributed by atoms with Crippen molar-refractivity contribution >= 4 is 5.91 Å². The van der Waals surface area contributed by atoms with E-state index in [1.807, 2.05) is 47.0 Å². The molecule has 6 nitrogen and oxygen atoms in total. The third-order valence-corrected chi connectivity index (χ3v) is 6.43. The van der Waals surface area contributed by atoms with Crippen LogP contribution in [0.3, 0.4) is 0 Å². The van der Waals surface area contributed by atoms with Gasteiger partial charge in [0.15, 0.2) is 11.5 Å². The zero-order valence-corrected chi connectivity index (χ0v) is 20.1. The second-order valence-electron chi connectivity index (χ2n) is 9.85. The van der Waals surface area contributed by atoms with Crippen molar-refractivity contribution < 1.29 is 14.3 Å². The molecule has 1 heterocycles. The van der Waals surface area contributed by atoms with Gasteiger partial charge in [0.25, 0.3) is 5.91 Å². The van der Waals surface area contributed by atoms with Crippen LogP contribution in [-0.2, 0) is 0 Å². The number of hydrogen-bond acceptors (Lipinski definition) is 4. The summed E-state index contributed by atoms with van der Waals surface area (Å²) in [6.07, 6.45) is 6.52. The van der Waals surface area contributed by atoms with Gasteiger partial charge in [-0.25, -0.2) is 4.98 Å². The van der Waals surface area contributed by atoms with Crippen LogP contribution in [0, 0.1) is 11.3 Å². The predicted molar refractivity (Wildman–Crippen MR) is 130 cm³/mol. The van der Waals surface area contributed by atoms with Crippen LogP contribution in [0.5, 0.6) is 11.5 Å². The van der Waals surface area contributed by atoms with E-state index in [4.69, 9.17) is 9.47 Å². The number of ether oxygens (including phenoxy) is 2. The van der Waals surface area contributed by atoms with Crippen LogP contribution >= 0.6 is 0 Å². The fourth-order valence-corrected chi connectivity index (χ4v) is 5.24. The van der Waals surface area contributed by atoms with Crippen molar-refractivity contribution in [2.75, 3.05) is 14.2 Å². The minimum absolute atomic E-state index is 0.0843. The number of benzene rings is 2. The highest BCUT2D eigenvalue weighted by molar-refractivity contribution is 5.93. The van der Waals surface area contributed by atoms with E-state index >= 15 is 0 Å². The molecule has 0 unspecified atom stereocenters. The average Bonchev–Trinajstić information content (AvgIpc) is 3.27. The Morgan fingerprint density at radius 2 is 1.82 bits per heavy atom. The van der Waals surface area contributed by atoms with Gasteiger partial charge >= 0.3 is 0 Å². The molecule has 33 heavy (non-hydrogen) atoms. The largest absolute Gasteiger partial charge is 0.493 e. The molecule has 2 atom stereocenters. The highest BCUT2D eigenvalue weighted by atomic mass is 16.5. The fraction of sp³-hybridized carbons (Fsp3) is 0.407. The molecule has 174 valence electrons. The zero-order valence-electron chi connectivity index (χ0n) is 20.1. The van der Waals surface area contributed by atoms with Gasteiger partial charge in [-0.2, -0.15) is 0 Å². The number of carbonyl (C=O) groups is 1. The fourth-order valence-electron chi connectivity index (χ4n) is 5.24. The Labute approximate surface area is 195 Å². The van der Waals surface area contributed by atoms with Gasteiger partial charge in [-0.3, -0.25) is 9.36 Å². The number of methoxy groups -OCH3 is 2. The summed E-state index contributed by atoms with van der Waals surface area (Å²) in [4.78, 5) is 17.5. The SMILES string of the molecule is COc1ccc(-c2cccc(-n3cncc3C(=O)N[C@H]3C[C@H](C)CC(C)(C)C3)c2)cc1OC. The van der Waals surface area contributed by atoms with E-state index in [2.05, 4.69) is 31.1 Å². The smallest absolute Gasteiger partial charge is 0.270 e. The van der Waals surface area contributed by atoms with Crippen LogP contribution in [0.25, 0.3) is 16.8 Å². The molecule has 0 bridgehead atoms. The van der Waals surface area contributed by atoms with Gasteiger partial charge in [0.2, 0.25) is 0 Å². The predicted octanol–water partition coefficient (Wildman–Crippen LogP) is 5.50. The molecule has 4 rings (SSSR count). The molecule has 1 saturated carbocycles. The van der Waals surface area contributed by atoms with Crippen LogP contribution < -0.4 is 14.8 Å². The first-order valence-electron chi connectivity index (χ1n) is 11.5. The Balaban J connectivity index is 1.58. The average molecular weight is 448 g/mol. The summed E-state index contributed by atoms with van der Waals surface area (Å²) in [7, 11) is 3.25. The number of nitrogens with zero attached hydrogens (tertiary/aromatic N) is 2. The first-order chi connectivity index (χ1) is 15.8. The summed E-state index contributed by atoms with van der Waals surface area (Å²) in [5, 5.41) is 3.26. The molecule has 0 saturated heterocycles. The number of imidazole rings is 1. The minimum Gasteiger partial charge on any atom is -0.493 e. The molecule has 0 spiro atoms. The van der Waals surface area contributed by atoms with Gasteiger partial charge in [0.05, 0.1) is 26.7 Å². The highest BCUT2D eigenvalue weighted by Gasteiger charge is 2.33. The molecule has 1 fully saturated rings. The minimum atomic E-state index is -0.0843. The number of hydrogen-bond donors (Lipinski definition) is 1. The first kappa shape index (κ1) is 22.9. The van der Waals surface area contributed by atoms with Gasteiger partial charge < -0.3 is 14.8 Å². The Hall–Kier alpha value is -3.28. The van der Waals surface area contributed by atoms with E-state index in [1.54, 1.807) is 26.7 Å². The van der Waals surface area contributed by atoms with Gasteiger partial charge in [0.1, 0.15) is 5.69 Å². The van der Waals surface area contributed by atoms with E-state index in [0.717, 1.165) is 29.7 Å². The van der Waals surface area contributed by atoms with Crippen molar-refractivity contribution in [1.82, 2.24) is 14.9 Å². The second kappa shape index (κ2) is 9.30. The van der Waals surface area contributed by atoms with Gasteiger partial charge in [0, 0.05) is 11.7 Å². The van der Waals surface area contributed by atoms with Crippen molar-refractivity contribution in [2.45, 2.75) is 46.1 Å². The van der Waals surface area contributed by atoms with Crippen LogP contribution in [0.4, 0.5) is 0 Å². The Bertz CT molecular complexity index is 1140. The summed E-state index contributed by atoms with van der Waals surface area (Å²) >= 11 is 0. The maximum absolute atomic E-state index is 13.2. The van der Waals surface area contributed by atoms with E-state index in [-0.39, 0.29) is 17.4 Å². The van der Waals surface area contributed by atoms with Gasteiger partial charge in [-0.15, -0.1) is 0 Å². The van der Waals surface area contributed by atoms with Gasteiger partial charge in [-0.1, -0.05) is 39.0 Å². The van der Waals surface area contributed by atoms with Crippen molar-refractivity contribution in [2.24, 2.45) is 11.3 Å². The molecule has 1 aromatic heterocycles. The summed E-state index contributed by atoms with van der Waals surface area (Å²) in [6, 6.07) is 14.1. The monoisotopic (exact) mass is 447 g/mol. The van der Waals surface area contributed by atoms with E-state index in [0.29, 0.717) is 23.1 Å². The maximum atomic E-state index is 13.2. The van der Waals surface area contributed by atoms with Crippen molar-refractivity contribution in [3.63, 3.8) is 0 Å². The molecule has 1 aliphatic carbocycles. The lowest BCUT2D eigenvalue weighted by Crippen LogP contribution is -2.43. The maximum Gasteiger partial charge on any atom is 0.270 e. The van der Waals surface area contributed by atoms with Crippen LogP contribution in [0.15, 0.2) is 55.0 Å². The molecule has 1 amide bonds. The Kier molecular flexibility index (Phi) is 6.45.